The third kappa shape index (κ3) is 2.96. The fraction of sp³-hybridized carbons (Fsp3) is 0.214. The standard InChI is InChI=1S/C14H13FO2S/c1-10(16)12-5-2-6-13(15)14(12)17-8-7-11-4-3-9-18-11/h2-6,9H,7-8H2,1H3. The molecule has 2 rings (SSSR count). The minimum absolute atomic E-state index is 0.0570. The van der Waals surface area contributed by atoms with Crippen LogP contribution in [0, 0.1) is 5.82 Å². The minimum atomic E-state index is -0.492. The molecule has 0 unspecified atom stereocenters. The average molecular weight is 264 g/mol. The lowest BCUT2D eigenvalue weighted by molar-refractivity contribution is 0.101. The zero-order valence-electron chi connectivity index (χ0n) is 9.98. The summed E-state index contributed by atoms with van der Waals surface area (Å²) in [6.45, 7) is 1.77. The fourth-order valence-corrected chi connectivity index (χ4v) is 2.33. The predicted octanol–water partition coefficient (Wildman–Crippen LogP) is 3.71. The maximum Gasteiger partial charge on any atom is 0.165 e. The second-order valence-corrected chi connectivity index (χ2v) is 4.88. The summed E-state index contributed by atoms with van der Waals surface area (Å²) in [4.78, 5) is 12.5. The fourth-order valence-electron chi connectivity index (χ4n) is 1.64. The molecule has 0 aliphatic heterocycles. The van der Waals surface area contributed by atoms with E-state index in [4.69, 9.17) is 4.74 Å². The minimum Gasteiger partial charge on any atom is -0.489 e. The van der Waals surface area contributed by atoms with Crippen molar-refractivity contribution in [1.29, 1.82) is 0 Å². The molecule has 0 saturated heterocycles. The molecule has 0 fully saturated rings. The van der Waals surface area contributed by atoms with E-state index in [0.717, 1.165) is 0 Å². The highest BCUT2D eigenvalue weighted by molar-refractivity contribution is 7.09. The van der Waals surface area contributed by atoms with E-state index in [9.17, 15) is 9.18 Å². The van der Waals surface area contributed by atoms with Crippen LogP contribution in [0.25, 0.3) is 0 Å². The number of halogens is 1. The molecule has 4 heteroatoms. The number of ketones is 1. The van der Waals surface area contributed by atoms with Crippen molar-refractivity contribution in [3.63, 3.8) is 0 Å². The molecule has 0 bridgehead atoms. The van der Waals surface area contributed by atoms with Gasteiger partial charge in [0.15, 0.2) is 17.3 Å². The topological polar surface area (TPSA) is 26.3 Å². The first-order valence-electron chi connectivity index (χ1n) is 5.63. The van der Waals surface area contributed by atoms with Crippen molar-refractivity contribution in [2.45, 2.75) is 13.3 Å². The van der Waals surface area contributed by atoms with Crippen LogP contribution in [0.5, 0.6) is 5.75 Å². The molecule has 2 nitrogen and oxygen atoms in total. The van der Waals surface area contributed by atoms with Crippen molar-refractivity contribution < 1.29 is 13.9 Å². The second-order valence-electron chi connectivity index (χ2n) is 3.85. The molecule has 0 amide bonds. The highest BCUT2D eigenvalue weighted by atomic mass is 32.1. The Balaban J connectivity index is 2.06. The number of carbonyl (C=O) groups is 1. The Bertz CT molecular complexity index is 535. The normalized spacial score (nSPS) is 10.3. The van der Waals surface area contributed by atoms with Crippen LogP contribution in [0.4, 0.5) is 4.39 Å². The summed E-state index contributed by atoms with van der Waals surface area (Å²) in [5, 5.41) is 1.99. The van der Waals surface area contributed by atoms with E-state index in [1.54, 1.807) is 17.4 Å². The predicted molar refractivity (Wildman–Crippen MR) is 69.9 cm³/mol. The van der Waals surface area contributed by atoms with Crippen molar-refractivity contribution in [2.24, 2.45) is 0 Å². The van der Waals surface area contributed by atoms with Crippen LogP contribution >= 0.6 is 11.3 Å². The van der Waals surface area contributed by atoms with E-state index in [-0.39, 0.29) is 11.5 Å². The molecule has 2 aromatic rings. The van der Waals surface area contributed by atoms with Crippen LogP contribution < -0.4 is 4.74 Å². The Morgan fingerprint density at radius 1 is 1.33 bits per heavy atom. The van der Waals surface area contributed by atoms with Gasteiger partial charge in [-0.3, -0.25) is 4.79 Å². The van der Waals surface area contributed by atoms with Gasteiger partial charge in [0.25, 0.3) is 0 Å². The van der Waals surface area contributed by atoms with Crippen LogP contribution in [0.1, 0.15) is 22.2 Å². The molecule has 0 saturated carbocycles. The summed E-state index contributed by atoms with van der Waals surface area (Å²) in [5.41, 5.74) is 0.293. The average Bonchev–Trinajstić information content (AvgIpc) is 2.84. The van der Waals surface area contributed by atoms with E-state index in [1.807, 2.05) is 17.5 Å². The summed E-state index contributed by atoms with van der Waals surface area (Å²) < 4.78 is 19.0. The van der Waals surface area contributed by atoms with Gasteiger partial charge in [-0.1, -0.05) is 12.1 Å². The number of benzene rings is 1. The molecule has 0 aliphatic carbocycles. The molecule has 0 spiro atoms. The molecule has 18 heavy (non-hydrogen) atoms. The molecule has 94 valence electrons. The van der Waals surface area contributed by atoms with Crippen molar-refractivity contribution in [3.05, 3.63) is 52.0 Å². The van der Waals surface area contributed by atoms with Gasteiger partial charge in [-0.05, 0) is 30.5 Å². The van der Waals surface area contributed by atoms with Crippen LogP contribution in [-0.4, -0.2) is 12.4 Å². The first kappa shape index (κ1) is 12.8. The highest BCUT2D eigenvalue weighted by Crippen LogP contribution is 2.23. The Morgan fingerprint density at radius 2 is 2.17 bits per heavy atom. The molecule has 1 aromatic heterocycles. The van der Waals surface area contributed by atoms with Gasteiger partial charge in [0.1, 0.15) is 0 Å². The smallest absolute Gasteiger partial charge is 0.165 e. The Morgan fingerprint density at radius 3 is 2.83 bits per heavy atom. The number of ether oxygens (including phenoxy) is 1. The number of hydrogen-bond acceptors (Lipinski definition) is 3. The largest absolute Gasteiger partial charge is 0.489 e. The number of hydrogen-bond donors (Lipinski definition) is 0. The van der Waals surface area contributed by atoms with E-state index < -0.39 is 5.82 Å². The molecule has 1 aromatic carbocycles. The van der Waals surface area contributed by atoms with Gasteiger partial charge < -0.3 is 4.74 Å². The quantitative estimate of drug-likeness (QED) is 0.769. The molecular weight excluding hydrogens is 251 g/mol. The number of carbonyl (C=O) groups excluding carboxylic acids is 1. The highest BCUT2D eigenvalue weighted by Gasteiger charge is 2.13. The van der Waals surface area contributed by atoms with E-state index in [1.165, 1.54) is 23.9 Å². The van der Waals surface area contributed by atoms with Gasteiger partial charge >= 0.3 is 0 Å². The maximum absolute atomic E-state index is 13.6. The SMILES string of the molecule is CC(=O)c1cccc(F)c1OCCc1cccs1. The monoisotopic (exact) mass is 264 g/mol. The molecule has 0 radical (unpaired) electrons. The molecular formula is C14H13FO2S. The van der Waals surface area contributed by atoms with E-state index in [2.05, 4.69) is 0 Å². The van der Waals surface area contributed by atoms with Gasteiger partial charge in [0.05, 0.1) is 12.2 Å². The lowest BCUT2D eigenvalue weighted by atomic mass is 10.1. The Kier molecular flexibility index (Phi) is 4.10. The zero-order valence-corrected chi connectivity index (χ0v) is 10.8. The number of thiophene rings is 1. The van der Waals surface area contributed by atoms with Crippen molar-refractivity contribution >= 4 is 17.1 Å². The number of Topliss-reactive ketones (excluding diaryl/α,β-unsaturated/α-hetero) is 1. The van der Waals surface area contributed by atoms with Crippen LogP contribution in [-0.2, 0) is 6.42 Å². The molecule has 0 atom stereocenters. The van der Waals surface area contributed by atoms with Crippen molar-refractivity contribution in [1.82, 2.24) is 0 Å². The van der Waals surface area contributed by atoms with Gasteiger partial charge in [-0.2, -0.15) is 0 Å². The summed E-state index contributed by atoms with van der Waals surface area (Å²) in [6.07, 6.45) is 0.712. The number of rotatable bonds is 5. The Labute approximate surface area is 109 Å². The van der Waals surface area contributed by atoms with Crippen LogP contribution in [0.3, 0.4) is 0 Å². The van der Waals surface area contributed by atoms with Crippen LogP contribution in [0.15, 0.2) is 35.7 Å². The van der Waals surface area contributed by atoms with Gasteiger partial charge in [-0.15, -0.1) is 11.3 Å². The van der Waals surface area contributed by atoms with E-state index in [0.29, 0.717) is 18.6 Å². The van der Waals surface area contributed by atoms with Gasteiger partial charge in [0.2, 0.25) is 0 Å². The van der Waals surface area contributed by atoms with Crippen molar-refractivity contribution in [2.75, 3.05) is 6.61 Å². The molecule has 0 N–H and O–H groups in total. The summed E-state index contributed by atoms with van der Waals surface area (Å²) >= 11 is 1.63. The molecule has 1 heterocycles. The van der Waals surface area contributed by atoms with Crippen LogP contribution in [0.2, 0.25) is 0 Å². The second kappa shape index (κ2) is 5.78. The summed E-state index contributed by atoms with van der Waals surface area (Å²) in [7, 11) is 0. The van der Waals surface area contributed by atoms with E-state index >= 15 is 0 Å². The lowest BCUT2D eigenvalue weighted by Gasteiger charge is -2.10. The van der Waals surface area contributed by atoms with Crippen molar-refractivity contribution in [3.8, 4) is 5.75 Å². The Hall–Kier alpha value is -1.68. The maximum atomic E-state index is 13.6. The third-order valence-electron chi connectivity index (χ3n) is 2.52. The number of para-hydroxylation sites is 1. The zero-order chi connectivity index (χ0) is 13.0. The molecule has 0 aliphatic rings. The summed E-state index contributed by atoms with van der Waals surface area (Å²) in [6, 6.07) is 8.35. The third-order valence-corrected chi connectivity index (χ3v) is 3.46. The lowest BCUT2D eigenvalue weighted by Crippen LogP contribution is -2.06. The first-order chi connectivity index (χ1) is 8.68. The first-order valence-corrected chi connectivity index (χ1v) is 6.51. The summed E-state index contributed by atoms with van der Waals surface area (Å²) in [5.74, 6) is -0.629. The van der Waals surface area contributed by atoms with Gasteiger partial charge in [0, 0.05) is 11.3 Å². The van der Waals surface area contributed by atoms with Gasteiger partial charge in [-0.25, -0.2) is 4.39 Å².